The molecule has 31 heavy (non-hydrogen) atoms. The van der Waals surface area contributed by atoms with Crippen LogP contribution in [0.4, 0.5) is 0 Å². The van der Waals surface area contributed by atoms with E-state index in [1.807, 2.05) is 18.2 Å². The lowest BCUT2D eigenvalue weighted by atomic mass is 10.1. The number of halogens is 1. The number of aliphatic hydroxyl groups excluding tert-OH is 1. The Labute approximate surface area is 192 Å². The molecule has 0 atom stereocenters. The number of aliphatic hydroxyl groups is 1. The van der Waals surface area contributed by atoms with Crippen LogP contribution in [0.5, 0.6) is 5.75 Å². The van der Waals surface area contributed by atoms with Crippen molar-refractivity contribution >= 4 is 50.7 Å². The second-order valence-electron chi connectivity index (χ2n) is 6.48. The van der Waals surface area contributed by atoms with Crippen LogP contribution in [0, 0.1) is 6.92 Å². The lowest BCUT2D eigenvalue weighted by Crippen LogP contribution is -2.14. The van der Waals surface area contributed by atoms with Crippen LogP contribution in [0.15, 0.2) is 68.2 Å². The lowest BCUT2D eigenvalue weighted by molar-refractivity contribution is -0.138. The number of hydrogen-bond acceptors (Lipinski definition) is 6. The Kier molecular flexibility index (Phi) is 7.35. The zero-order valence-corrected chi connectivity index (χ0v) is 19.5. The standard InChI is InChI=1S/C23H20BrNO5S/c1-4-30-23(28)19-20(26)18(12-14-11-15(24)9-10-17(14)29-3)31-22(19)25-21(27)16-8-6-5-7-13(16)2/h5-12,26H,4H2,1-3H3/b18-12-,25-22?. The minimum atomic E-state index is -0.742. The Morgan fingerprint density at radius 2 is 1.97 bits per heavy atom. The molecule has 0 radical (unpaired) electrons. The molecule has 160 valence electrons. The average Bonchev–Trinajstić information content (AvgIpc) is 3.03. The molecule has 1 aliphatic rings. The van der Waals surface area contributed by atoms with Crippen LogP contribution >= 0.6 is 27.7 Å². The van der Waals surface area contributed by atoms with Crippen LogP contribution < -0.4 is 4.74 Å². The molecule has 6 nitrogen and oxygen atoms in total. The molecule has 0 saturated carbocycles. The Balaban J connectivity index is 2.08. The number of rotatable bonds is 5. The van der Waals surface area contributed by atoms with Gasteiger partial charge in [-0.1, -0.05) is 45.9 Å². The van der Waals surface area contributed by atoms with Gasteiger partial charge in [0, 0.05) is 15.6 Å². The first-order valence-electron chi connectivity index (χ1n) is 9.38. The van der Waals surface area contributed by atoms with E-state index in [4.69, 9.17) is 9.47 Å². The number of esters is 1. The summed E-state index contributed by atoms with van der Waals surface area (Å²) in [6.45, 7) is 3.59. The van der Waals surface area contributed by atoms with Gasteiger partial charge < -0.3 is 14.6 Å². The van der Waals surface area contributed by atoms with E-state index in [0.717, 1.165) is 21.8 Å². The van der Waals surface area contributed by atoms with Gasteiger partial charge in [-0.25, -0.2) is 9.79 Å². The van der Waals surface area contributed by atoms with E-state index >= 15 is 0 Å². The predicted octanol–water partition coefficient (Wildman–Crippen LogP) is 5.47. The summed E-state index contributed by atoms with van der Waals surface area (Å²) in [4.78, 5) is 29.8. The van der Waals surface area contributed by atoms with Gasteiger partial charge in [-0.05, 0) is 49.8 Å². The van der Waals surface area contributed by atoms with E-state index in [2.05, 4.69) is 20.9 Å². The zero-order chi connectivity index (χ0) is 22.5. The SMILES string of the molecule is CCOC(=O)C1=C(O)/C(=C/c2cc(Br)ccc2OC)SC1=NC(=O)c1ccccc1C. The summed E-state index contributed by atoms with van der Waals surface area (Å²) in [5, 5.41) is 10.9. The fraction of sp³-hybridized carbons (Fsp3) is 0.174. The van der Waals surface area contributed by atoms with Crippen LogP contribution in [0.2, 0.25) is 0 Å². The van der Waals surface area contributed by atoms with Crippen molar-refractivity contribution < 1.29 is 24.2 Å². The molecule has 2 aromatic carbocycles. The molecular formula is C23H20BrNO5S. The number of amides is 1. The molecule has 8 heteroatoms. The van der Waals surface area contributed by atoms with Crippen LogP contribution in [-0.2, 0) is 9.53 Å². The van der Waals surface area contributed by atoms with Gasteiger partial charge in [0.05, 0.1) is 18.6 Å². The van der Waals surface area contributed by atoms with Gasteiger partial charge in [0.2, 0.25) is 0 Å². The summed E-state index contributed by atoms with van der Waals surface area (Å²) in [7, 11) is 1.54. The summed E-state index contributed by atoms with van der Waals surface area (Å²) >= 11 is 4.44. The number of thioether (sulfide) groups is 1. The van der Waals surface area contributed by atoms with Crippen LogP contribution in [0.25, 0.3) is 6.08 Å². The Morgan fingerprint density at radius 3 is 2.65 bits per heavy atom. The van der Waals surface area contributed by atoms with E-state index in [9.17, 15) is 14.7 Å². The number of carbonyl (C=O) groups excluding carboxylic acids is 2. The summed E-state index contributed by atoms with van der Waals surface area (Å²) < 4.78 is 11.3. The largest absolute Gasteiger partial charge is 0.506 e. The highest BCUT2D eigenvalue weighted by Gasteiger charge is 2.34. The van der Waals surface area contributed by atoms with Crippen molar-refractivity contribution in [1.82, 2.24) is 0 Å². The maximum absolute atomic E-state index is 12.8. The van der Waals surface area contributed by atoms with Crippen molar-refractivity contribution in [2.45, 2.75) is 13.8 Å². The number of methoxy groups -OCH3 is 1. The lowest BCUT2D eigenvalue weighted by Gasteiger charge is -2.06. The van der Waals surface area contributed by atoms with Crippen LogP contribution in [0.1, 0.15) is 28.4 Å². The fourth-order valence-electron chi connectivity index (χ4n) is 2.92. The summed E-state index contributed by atoms with van der Waals surface area (Å²) in [5.74, 6) is -0.949. The average molecular weight is 502 g/mol. The summed E-state index contributed by atoms with van der Waals surface area (Å²) in [6.07, 6.45) is 1.67. The Morgan fingerprint density at radius 1 is 1.23 bits per heavy atom. The Hall–Kier alpha value is -2.84. The molecule has 0 aromatic heterocycles. The monoisotopic (exact) mass is 501 g/mol. The topological polar surface area (TPSA) is 85.2 Å². The van der Waals surface area contributed by atoms with Gasteiger partial charge in [0.25, 0.3) is 5.91 Å². The Bertz CT molecular complexity index is 1140. The van der Waals surface area contributed by atoms with Crippen molar-refractivity contribution in [1.29, 1.82) is 0 Å². The summed E-state index contributed by atoms with van der Waals surface area (Å²) in [5.41, 5.74) is 1.74. The van der Waals surface area contributed by atoms with Gasteiger partial charge in [0.15, 0.2) is 0 Å². The van der Waals surface area contributed by atoms with Crippen molar-refractivity contribution in [2.75, 3.05) is 13.7 Å². The van der Waals surface area contributed by atoms with Crippen molar-refractivity contribution in [3.8, 4) is 5.75 Å². The third kappa shape index (κ3) is 5.08. The minimum Gasteiger partial charge on any atom is -0.506 e. The molecular weight excluding hydrogens is 482 g/mol. The van der Waals surface area contributed by atoms with Crippen LogP contribution in [0.3, 0.4) is 0 Å². The minimum absolute atomic E-state index is 0.0874. The van der Waals surface area contributed by atoms with Crippen molar-refractivity contribution in [3.05, 3.63) is 79.9 Å². The number of aryl methyl sites for hydroxylation is 1. The first kappa shape index (κ1) is 22.8. The normalized spacial score (nSPS) is 16.1. The second-order valence-corrected chi connectivity index (χ2v) is 8.42. The number of ether oxygens (including phenoxy) is 2. The molecule has 1 heterocycles. The van der Waals surface area contributed by atoms with E-state index in [-0.39, 0.29) is 23.0 Å². The molecule has 0 aliphatic carbocycles. The quantitative estimate of drug-likeness (QED) is 0.546. The van der Waals surface area contributed by atoms with Crippen molar-refractivity contribution in [3.63, 3.8) is 0 Å². The van der Waals surface area contributed by atoms with E-state index < -0.39 is 11.9 Å². The first-order valence-corrected chi connectivity index (χ1v) is 11.0. The number of carbonyl (C=O) groups is 2. The zero-order valence-electron chi connectivity index (χ0n) is 17.1. The first-order chi connectivity index (χ1) is 14.8. The summed E-state index contributed by atoms with van der Waals surface area (Å²) in [6, 6.07) is 12.5. The number of benzene rings is 2. The highest BCUT2D eigenvalue weighted by Crippen LogP contribution is 2.40. The van der Waals surface area contributed by atoms with Gasteiger partial charge in [0.1, 0.15) is 22.1 Å². The molecule has 3 rings (SSSR count). The molecule has 2 aromatic rings. The van der Waals surface area contributed by atoms with E-state index in [0.29, 0.717) is 21.8 Å². The maximum Gasteiger partial charge on any atom is 0.344 e. The molecule has 0 bridgehead atoms. The third-order valence-corrected chi connectivity index (χ3v) is 5.94. The van der Waals surface area contributed by atoms with Gasteiger partial charge in [-0.3, -0.25) is 4.79 Å². The highest BCUT2D eigenvalue weighted by molar-refractivity contribution is 9.10. The van der Waals surface area contributed by atoms with Gasteiger partial charge in [-0.2, -0.15) is 0 Å². The highest BCUT2D eigenvalue weighted by atomic mass is 79.9. The molecule has 0 unspecified atom stereocenters. The fourth-order valence-corrected chi connectivity index (χ4v) is 4.30. The smallest absolute Gasteiger partial charge is 0.344 e. The van der Waals surface area contributed by atoms with Crippen molar-refractivity contribution in [2.24, 2.45) is 4.99 Å². The number of aliphatic imine (C=N–C) groups is 1. The second kappa shape index (κ2) is 9.98. The third-order valence-electron chi connectivity index (χ3n) is 4.43. The molecule has 0 saturated heterocycles. The predicted molar refractivity (Wildman–Crippen MR) is 125 cm³/mol. The number of nitrogens with zero attached hydrogens (tertiary/aromatic N) is 1. The van der Waals surface area contributed by atoms with E-state index in [1.165, 1.54) is 0 Å². The molecule has 0 spiro atoms. The molecule has 1 amide bonds. The molecule has 0 fully saturated rings. The maximum atomic E-state index is 12.8. The molecule has 1 aliphatic heterocycles. The number of hydrogen-bond donors (Lipinski definition) is 1. The molecule has 1 N–H and O–H groups in total. The van der Waals surface area contributed by atoms with Crippen LogP contribution in [-0.4, -0.2) is 35.7 Å². The van der Waals surface area contributed by atoms with Gasteiger partial charge in [-0.15, -0.1) is 0 Å². The van der Waals surface area contributed by atoms with E-state index in [1.54, 1.807) is 51.3 Å². The van der Waals surface area contributed by atoms with Gasteiger partial charge >= 0.3 is 5.97 Å².